The quantitative estimate of drug-likeness (QED) is 0.586. The molecule has 0 radical (unpaired) electrons. The minimum absolute atomic E-state index is 0.291. The third-order valence-corrected chi connectivity index (χ3v) is 2.80. The number of carbonyl (C=O) groups excluding carboxylic acids is 2. The second-order valence-corrected chi connectivity index (χ2v) is 4.58. The van der Waals surface area contributed by atoms with Crippen molar-refractivity contribution in [3.8, 4) is 0 Å². The zero-order valence-electron chi connectivity index (χ0n) is 11.8. The van der Waals surface area contributed by atoms with E-state index in [9.17, 15) is 14.7 Å². The van der Waals surface area contributed by atoms with Gasteiger partial charge >= 0.3 is 5.97 Å². The molecule has 110 valence electrons. The van der Waals surface area contributed by atoms with Gasteiger partial charge in [0.25, 0.3) is 5.91 Å². The van der Waals surface area contributed by atoms with E-state index in [4.69, 9.17) is 4.74 Å². The molecule has 2 atom stereocenters. The Morgan fingerprint density at radius 3 is 2.50 bits per heavy atom. The van der Waals surface area contributed by atoms with E-state index in [2.05, 4.69) is 5.32 Å². The van der Waals surface area contributed by atoms with Crippen LogP contribution in [0.5, 0.6) is 0 Å². The molecule has 0 fully saturated rings. The number of nitrogens with one attached hydrogen (secondary N) is 1. The molecule has 0 heterocycles. The molecule has 0 aliphatic carbocycles. The summed E-state index contributed by atoms with van der Waals surface area (Å²) in [6, 6.07) is 7.47. The van der Waals surface area contributed by atoms with Crippen molar-refractivity contribution >= 4 is 11.9 Å². The molecule has 0 unspecified atom stereocenters. The van der Waals surface area contributed by atoms with Gasteiger partial charge in [-0.1, -0.05) is 31.5 Å². The van der Waals surface area contributed by atoms with Crippen LogP contribution in [0, 0.1) is 0 Å². The number of rotatable bonds is 7. The first kappa shape index (κ1) is 16.2. The number of carbonyl (C=O) groups is 2. The van der Waals surface area contributed by atoms with Gasteiger partial charge in [-0.2, -0.15) is 0 Å². The largest absolute Gasteiger partial charge is 0.464 e. The van der Waals surface area contributed by atoms with Gasteiger partial charge < -0.3 is 15.2 Å². The molecule has 0 bridgehead atoms. The first-order valence-electron chi connectivity index (χ1n) is 6.77. The third kappa shape index (κ3) is 5.01. The van der Waals surface area contributed by atoms with Crippen LogP contribution in [0.4, 0.5) is 0 Å². The minimum Gasteiger partial charge on any atom is -0.464 e. The SMILES string of the molecule is CCCCOC(=O)[C@@H](NC(=O)c1ccccc1)[C@@H](C)O. The fraction of sp³-hybridized carbons (Fsp3) is 0.467. The van der Waals surface area contributed by atoms with E-state index in [-0.39, 0.29) is 0 Å². The second kappa shape index (κ2) is 8.32. The number of hydrogen-bond donors (Lipinski definition) is 2. The van der Waals surface area contributed by atoms with E-state index >= 15 is 0 Å². The lowest BCUT2D eigenvalue weighted by atomic mass is 10.1. The van der Waals surface area contributed by atoms with E-state index in [1.165, 1.54) is 6.92 Å². The van der Waals surface area contributed by atoms with Gasteiger partial charge in [-0.25, -0.2) is 4.79 Å². The molecule has 0 aliphatic heterocycles. The first-order chi connectivity index (χ1) is 9.56. The molecule has 0 aromatic heterocycles. The molecule has 1 rings (SSSR count). The van der Waals surface area contributed by atoms with E-state index in [1.807, 2.05) is 6.92 Å². The number of benzene rings is 1. The monoisotopic (exact) mass is 279 g/mol. The second-order valence-electron chi connectivity index (χ2n) is 4.58. The summed E-state index contributed by atoms with van der Waals surface area (Å²) in [4.78, 5) is 23.8. The van der Waals surface area contributed by atoms with Gasteiger partial charge in [0.2, 0.25) is 0 Å². The normalized spacial score (nSPS) is 13.3. The van der Waals surface area contributed by atoms with Crippen LogP contribution in [0.2, 0.25) is 0 Å². The lowest BCUT2D eigenvalue weighted by Gasteiger charge is -2.20. The van der Waals surface area contributed by atoms with Crippen molar-refractivity contribution in [1.29, 1.82) is 0 Å². The molecule has 5 nitrogen and oxygen atoms in total. The highest BCUT2D eigenvalue weighted by atomic mass is 16.5. The Bertz CT molecular complexity index is 431. The Morgan fingerprint density at radius 2 is 1.95 bits per heavy atom. The van der Waals surface area contributed by atoms with Crippen LogP contribution in [-0.2, 0) is 9.53 Å². The molecular weight excluding hydrogens is 258 g/mol. The maximum atomic E-state index is 12.0. The average Bonchev–Trinajstić information content (AvgIpc) is 2.45. The summed E-state index contributed by atoms with van der Waals surface area (Å²) < 4.78 is 5.03. The lowest BCUT2D eigenvalue weighted by Crippen LogP contribution is -2.48. The van der Waals surface area contributed by atoms with E-state index in [0.717, 1.165) is 12.8 Å². The van der Waals surface area contributed by atoms with Crippen LogP contribution in [0.1, 0.15) is 37.0 Å². The molecule has 0 saturated heterocycles. The van der Waals surface area contributed by atoms with E-state index in [1.54, 1.807) is 30.3 Å². The van der Waals surface area contributed by atoms with E-state index in [0.29, 0.717) is 12.2 Å². The number of aliphatic hydroxyl groups excluding tert-OH is 1. The van der Waals surface area contributed by atoms with E-state index < -0.39 is 24.0 Å². The first-order valence-corrected chi connectivity index (χ1v) is 6.77. The lowest BCUT2D eigenvalue weighted by molar-refractivity contribution is -0.148. The molecule has 5 heteroatoms. The molecule has 0 saturated carbocycles. The van der Waals surface area contributed by atoms with Crippen LogP contribution in [-0.4, -0.2) is 35.7 Å². The summed E-state index contributed by atoms with van der Waals surface area (Å²) in [7, 11) is 0. The standard InChI is InChI=1S/C15H21NO4/c1-3-4-10-20-15(19)13(11(2)17)16-14(18)12-8-6-5-7-9-12/h5-9,11,13,17H,3-4,10H2,1-2H3,(H,16,18)/t11-,13+/m1/s1. The molecular formula is C15H21NO4. The summed E-state index contributed by atoms with van der Waals surface area (Å²) in [6.07, 6.45) is 0.644. The summed E-state index contributed by atoms with van der Waals surface area (Å²) in [5.41, 5.74) is 0.430. The van der Waals surface area contributed by atoms with Gasteiger partial charge in [-0.15, -0.1) is 0 Å². The maximum Gasteiger partial charge on any atom is 0.331 e. The highest BCUT2D eigenvalue weighted by Crippen LogP contribution is 2.03. The fourth-order valence-electron chi connectivity index (χ4n) is 1.60. The van der Waals surface area contributed by atoms with Crippen molar-refractivity contribution in [2.24, 2.45) is 0 Å². The topological polar surface area (TPSA) is 75.6 Å². The number of amides is 1. The van der Waals surface area contributed by atoms with Crippen LogP contribution < -0.4 is 5.32 Å². The third-order valence-electron chi connectivity index (χ3n) is 2.80. The summed E-state index contributed by atoms with van der Waals surface area (Å²) in [5, 5.41) is 12.1. The van der Waals surface area contributed by atoms with Gasteiger partial charge in [-0.05, 0) is 25.5 Å². The van der Waals surface area contributed by atoms with Gasteiger partial charge in [0.15, 0.2) is 6.04 Å². The van der Waals surface area contributed by atoms with Crippen molar-refractivity contribution < 1.29 is 19.4 Å². The molecule has 1 aromatic rings. The number of aliphatic hydroxyl groups is 1. The van der Waals surface area contributed by atoms with Crippen molar-refractivity contribution in [1.82, 2.24) is 5.32 Å². The molecule has 0 spiro atoms. The fourth-order valence-corrected chi connectivity index (χ4v) is 1.60. The Kier molecular flexibility index (Phi) is 6.73. The molecule has 0 aliphatic rings. The van der Waals surface area contributed by atoms with Crippen LogP contribution in [0.25, 0.3) is 0 Å². The van der Waals surface area contributed by atoms with Crippen LogP contribution in [0.3, 0.4) is 0 Å². The van der Waals surface area contributed by atoms with Crippen molar-refractivity contribution in [3.05, 3.63) is 35.9 Å². The Balaban J connectivity index is 2.63. The Labute approximate surface area is 118 Å². The summed E-state index contributed by atoms with van der Waals surface area (Å²) in [6.45, 7) is 3.72. The minimum atomic E-state index is -1.06. The molecule has 1 amide bonds. The smallest absolute Gasteiger partial charge is 0.331 e. The van der Waals surface area contributed by atoms with Crippen molar-refractivity contribution in [2.45, 2.75) is 38.8 Å². The Morgan fingerprint density at radius 1 is 1.30 bits per heavy atom. The van der Waals surface area contributed by atoms with Gasteiger partial charge in [0, 0.05) is 5.56 Å². The Hall–Kier alpha value is -1.88. The zero-order valence-corrected chi connectivity index (χ0v) is 11.8. The molecule has 2 N–H and O–H groups in total. The summed E-state index contributed by atoms with van der Waals surface area (Å²) in [5.74, 6) is -1.03. The highest BCUT2D eigenvalue weighted by Gasteiger charge is 2.27. The predicted octanol–water partition coefficient (Wildman–Crippen LogP) is 1.51. The summed E-state index contributed by atoms with van der Waals surface area (Å²) >= 11 is 0. The number of esters is 1. The maximum absolute atomic E-state index is 12.0. The molecule has 20 heavy (non-hydrogen) atoms. The number of ether oxygens (including phenoxy) is 1. The average molecular weight is 279 g/mol. The van der Waals surface area contributed by atoms with Crippen LogP contribution >= 0.6 is 0 Å². The van der Waals surface area contributed by atoms with Crippen molar-refractivity contribution in [3.63, 3.8) is 0 Å². The van der Waals surface area contributed by atoms with Gasteiger partial charge in [0.1, 0.15) is 0 Å². The zero-order chi connectivity index (χ0) is 15.0. The highest BCUT2D eigenvalue weighted by molar-refractivity contribution is 5.96. The van der Waals surface area contributed by atoms with Crippen molar-refractivity contribution in [2.75, 3.05) is 6.61 Å². The predicted molar refractivity (Wildman–Crippen MR) is 75.2 cm³/mol. The number of unbranched alkanes of at least 4 members (excludes halogenated alkanes) is 1. The van der Waals surface area contributed by atoms with Gasteiger partial charge in [0.05, 0.1) is 12.7 Å². The van der Waals surface area contributed by atoms with Gasteiger partial charge in [-0.3, -0.25) is 4.79 Å². The van der Waals surface area contributed by atoms with Crippen LogP contribution in [0.15, 0.2) is 30.3 Å². The molecule has 1 aromatic carbocycles. The number of hydrogen-bond acceptors (Lipinski definition) is 4.